The fourth-order valence-corrected chi connectivity index (χ4v) is 5.63. The number of hydrazone groups is 1. The van der Waals surface area contributed by atoms with Gasteiger partial charge in [-0.05, 0) is 91.3 Å². The number of carbonyl (C=O) groups excluding carboxylic acids is 1. The molecule has 1 aromatic heterocycles. The Hall–Kier alpha value is -3.69. The summed E-state index contributed by atoms with van der Waals surface area (Å²) in [4.78, 5) is 12.8. The van der Waals surface area contributed by atoms with Crippen molar-refractivity contribution in [3.05, 3.63) is 111 Å². The van der Waals surface area contributed by atoms with Gasteiger partial charge in [0.1, 0.15) is 0 Å². The Morgan fingerprint density at radius 1 is 0.973 bits per heavy atom. The number of hydrogen-bond acceptors (Lipinski definition) is 4. The van der Waals surface area contributed by atoms with Crippen LogP contribution in [0.2, 0.25) is 0 Å². The van der Waals surface area contributed by atoms with Crippen LogP contribution in [0.4, 0.5) is 5.69 Å². The molecule has 0 aliphatic rings. The first-order valence-corrected chi connectivity index (χ1v) is 13.8. The lowest BCUT2D eigenvalue weighted by Crippen LogP contribution is -2.26. The van der Waals surface area contributed by atoms with Gasteiger partial charge in [0.2, 0.25) is 0 Å². The molecule has 190 valence electrons. The van der Waals surface area contributed by atoms with Crippen molar-refractivity contribution < 1.29 is 13.2 Å². The number of aryl methyl sites for hydroxylation is 2. The number of nitrogens with one attached hydrogen (secondary N) is 1. The number of sulfonamides is 1. The number of nitrogens with zero attached hydrogens (tertiary/aromatic N) is 3. The average Bonchev–Trinajstić information content (AvgIpc) is 3.16. The molecule has 3 aromatic carbocycles. The molecule has 0 radical (unpaired) electrons. The van der Waals surface area contributed by atoms with Gasteiger partial charge in [0.05, 0.1) is 22.5 Å². The molecule has 0 saturated carbocycles. The van der Waals surface area contributed by atoms with E-state index >= 15 is 0 Å². The molecule has 0 unspecified atom stereocenters. The van der Waals surface area contributed by atoms with Crippen molar-refractivity contribution >= 4 is 43.8 Å². The average molecular weight is 580 g/mol. The summed E-state index contributed by atoms with van der Waals surface area (Å²) in [5, 5.41) is 4.14. The van der Waals surface area contributed by atoms with E-state index in [1.807, 2.05) is 51.1 Å². The smallest absolute Gasteiger partial charge is 0.271 e. The summed E-state index contributed by atoms with van der Waals surface area (Å²) in [6, 6.07) is 23.0. The molecule has 0 fully saturated rings. The zero-order valence-electron chi connectivity index (χ0n) is 20.9. The number of benzene rings is 3. The summed E-state index contributed by atoms with van der Waals surface area (Å²) >= 11 is 3.60. The number of aromatic nitrogens is 1. The van der Waals surface area contributed by atoms with Crippen molar-refractivity contribution in [2.45, 2.75) is 25.7 Å². The Balaban J connectivity index is 1.45. The van der Waals surface area contributed by atoms with Crippen molar-refractivity contribution in [2.75, 3.05) is 11.4 Å². The number of carbonyl (C=O) groups is 1. The van der Waals surface area contributed by atoms with Crippen molar-refractivity contribution in [3.8, 4) is 5.69 Å². The maximum Gasteiger partial charge on any atom is 0.271 e. The second-order valence-electron chi connectivity index (χ2n) is 8.64. The first kappa shape index (κ1) is 26.4. The van der Waals surface area contributed by atoms with E-state index in [4.69, 9.17) is 0 Å². The second kappa shape index (κ2) is 10.7. The number of hydrogen-bond donors (Lipinski definition) is 1. The molecule has 9 heteroatoms. The molecule has 4 rings (SSSR count). The third-order valence-corrected chi connectivity index (χ3v) is 8.58. The van der Waals surface area contributed by atoms with Gasteiger partial charge < -0.3 is 4.57 Å². The molecule has 0 atom stereocenters. The third kappa shape index (κ3) is 5.52. The van der Waals surface area contributed by atoms with E-state index in [1.165, 1.54) is 11.4 Å². The molecule has 4 aromatic rings. The van der Waals surface area contributed by atoms with Gasteiger partial charge in [-0.1, -0.05) is 29.8 Å². The van der Waals surface area contributed by atoms with Crippen LogP contribution in [0, 0.1) is 20.8 Å². The Kier molecular flexibility index (Phi) is 7.65. The van der Waals surface area contributed by atoms with E-state index in [0.29, 0.717) is 11.3 Å². The molecule has 1 N–H and O–H groups in total. The summed E-state index contributed by atoms with van der Waals surface area (Å²) in [6.45, 7) is 5.91. The van der Waals surface area contributed by atoms with Crippen LogP contribution in [0.1, 0.15) is 32.9 Å². The Morgan fingerprint density at radius 3 is 2.27 bits per heavy atom. The quantitative estimate of drug-likeness (QED) is 0.224. The minimum Gasteiger partial charge on any atom is -0.317 e. The lowest BCUT2D eigenvalue weighted by molar-refractivity contribution is 0.0955. The normalized spacial score (nSPS) is 11.6. The molecule has 0 saturated heterocycles. The molecule has 0 aliphatic carbocycles. The SMILES string of the molecule is Cc1ccc(S(=O)(=O)N(C)c2ccc(C(=O)N/N=C\c3cc(C)n(-c4ccccc4Br)c3C)cc2)cc1. The first-order chi connectivity index (χ1) is 17.6. The van der Waals surface area contributed by atoms with Gasteiger partial charge in [-0.25, -0.2) is 13.8 Å². The fourth-order valence-electron chi connectivity index (χ4n) is 3.98. The molecule has 1 heterocycles. The standard InChI is InChI=1S/C28H27BrN4O3S/c1-19-9-15-25(16-10-19)37(35,36)32(4)24-13-11-22(12-14-24)28(34)31-30-18-23-17-20(2)33(21(23)3)27-8-6-5-7-26(27)29/h5-18H,1-4H3,(H,31,34)/b30-18-. The maximum absolute atomic E-state index is 12.9. The highest BCUT2D eigenvalue weighted by Crippen LogP contribution is 2.26. The number of amides is 1. The van der Waals surface area contributed by atoms with Gasteiger partial charge in [0.25, 0.3) is 15.9 Å². The van der Waals surface area contributed by atoms with Crippen LogP contribution in [0.5, 0.6) is 0 Å². The van der Waals surface area contributed by atoms with Crippen LogP contribution in [-0.2, 0) is 10.0 Å². The van der Waals surface area contributed by atoms with Gasteiger partial charge >= 0.3 is 0 Å². The summed E-state index contributed by atoms with van der Waals surface area (Å²) < 4.78 is 30.1. The molecular weight excluding hydrogens is 552 g/mol. The molecule has 7 nitrogen and oxygen atoms in total. The monoisotopic (exact) mass is 578 g/mol. The number of para-hydroxylation sites is 1. The van der Waals surface area contributed by atoms with Gasteiger partial charge in [-0.15, -0.1) is 0 Å². The Bertz CT molecular complexity index is 1570. The zero-order chi connectivity index (χ0) is 26.7. The molecule has 1 amide bonds. The van der Waals surface area contributed by atoms with E-state index in [-0.39, 0.29) is 4.90 Å². The highest BCUT2D eigenvalue weighted by atomic mass is 79.9. The molecule has 0 bridgehead atoms. The summed E-state index contributed by atoms with van der Waals surface area (Å²) in [7, 11) is -2.23. The second-order valence-corrected chi connectivity index (χ2v) is 11.5. The van der Waals surface area contributed by atoms with Crippen LogP contribution in [-0.4, -0.2) is 32.2 Å². The predicted molar refractivity (Wildman–Crippen MR) is 151 cm³/mol. The van der Waals surface area contributed by atoms with Gasteiger partial charge in [-0.2, -0.15) is 5.10 Å². The van der Waals surface area contributed by atoms with Crippen molar-refractivity contribution in [1.29, 1.82) is 0 Å². The van der Waals surface area contributed by atoms with Gasteiger partial charge in [0, 0.05) is 34.0 Å². The number of halogens is 1. The van der Waals surface area contributed by atoms with Crippen molar-refractivity contribution in [1.82, 2.24) is 9.99 Å². The van der Waals surface area contributed by atoms with Gasteiger partial charge in [-0.3, -0.25) is 9.10 Å². The van der Waals surface area contributed by atoms with E-state index in [9.17, 15) is 13.2 Å². The van der Waals surface area contributed by atoms with Gasteiger partial charge in [0.15, 0.2) is 0 Å². The van der Waals surface area contributed by atoms with Crippen molar-refractivity contribution in [2.24, 2.45) is 5.10 Å². The third-order valence-electron chi connectivity index (χ3n) is 6.11. The van der Waals surface area contributed by atoms with Crippen LogP contribution in [0.3, 0.4) is 0 Å². The zero-order valence-corrected chi connectivity index (χ0v) is 23.3. The predicted octanol–water partition coefficient (Wildman–Crippen LogP) is 5.75. The lowest BCUT2D eigenvalue weighted by Gasteiger charge is -2.19. The van der Waals surface area contributed by atoms with E-state index in [2.05, 4.69) is 31.0 Å². The topological polar surface area (TPSA) is 83.8 Å². The first-order valence-electron chi connectivity index (χ1n) is 11.5. The van der Waals surface area contributed by atoms with Crippen molar-refractivity contribution in [3.63, 3.8) is 0 Å². The molecule has 37 heavy (non-hydrogen) atoms. The number of rotatable bonds is 7. The van der Waals surface area contributed by atoms with E-state index in [1.54, 1.807) is 54.7 Å². The largest absolute Gasteiger partial charge is 0.317 e. The summed E-state index contributed by atoms with van der Waals surface area (Å²) in [5.41, 5.74) is 8.26. The Labute approximate surface area is 225 Å². The van der Waals surface area contributed by atoms with Crippen LogP contribution >= 0.6 is 15.9 Å². The maximum atomic E-state index is 12.9. The minimum absolute atomic E-state index is 0.204. The number of anilines is 1. The van der Waals surface area contributed by atoms with Crippen LogP contribution in [0.25, 0.3) is 5.69 Å². The molecular formula is C28H27BrN4O3S. The highest BCUT2D eigenvalue weighted by Gasteiger charge is 2.21. The lowest BCUT2D eigenvalue weighted by atomic mass is 10.2. The minimum atomic E-state index is -3.71. The van der Waals surface area contributed by atoms with E-state index < -0.39 is 15.9 Å². The fraction of sp³-hybridized carbons (Fsp3) is 0.143. The summed E-state index contributed by atoms with van der Waals surface area (Å²) in [6.07, 6.45) is 1.61. The Morgan fingerprint density at radius 2 is 1.62 bits per heavy atom. The van der Waals surface area contributed by atoms with Crippen LogP contribution < -0.4 is 9.73 Å². The molecule has 0 aliphatic heterocycles. The summed E-state index contributed by atoms with van der Waals surface area (Å²) in [5.74, 6) is -0.397. The highest BCUT2D eigenvalue weighted by molar-refractivity contribution is 9.10. The molecule has 0 spiro atoms. The van der Waals surface area contributed by atoms with E-state index in [0.717, 1.165) is 32.7 Å². The van der Waals surface area contributed by atoms with Crippen LogP contribution in [0.15, 0.2) is 93.3 Å².